The first-order valence-electron chi connectivity index (χ1n) is 8.61. The van der Waals surface area contributed by atoms with Gasteiger partial charge in [-0.3, -0.25) is 4.79 Å². The number of rotatable bonds is 5. The molecule has 142 valence electrons. The Labute approximate surface area is 159 Å². The fourth-order valence-electron chi connectivity index (χ4n) is 2.92. The standard InChI is InChI=1S/C21H17NO6/c1-12(27-21(24)17-8-5-9-26-17)20(23)22-15-11-18-14(10-19(15)25-2)13-6-3-4-7-16(13)28-18/h3-12H,1-2H3,(H,22,23)/t12-/m1/s1. The van der Waals surface area contributed by atoms with Gasteiger partial charge in [-0.1, -0.05) is 18.2 Å². The molecule has 0 unspecified atom stereocenters. The smallest absolute Gasteiger partial charge is 0.374 e. The maximum atomic E-state index is 12.5. The Kier molecular flexibility index (Phi) is 4.49. The van der Waals surface area contributed by atoms with E-state index >= 15 is 0 Å². The van der Waals surface area contributed by atoms with Crippen molar-refractivity contribution in [2.45, 2.75) is 13.0 Å². The fourth-order valence-corrected chi connectivity index (χ4v) is 2.92. The van der Waals surface area contributed by atoms with E-state index in [2.05, 4.69) is 5.32 Å². The molecule has 4 rings (SSSR count). The molecule has 0 saturated heterocycles. The van der Waals surface area contributed by atoms with Crippen LogP contribution in [0.4, 0.5) is 5.69 Å². The van der Waals surface area contributed by atoms with E-state index in [9.17, 15) is 9.59 Å². The Morgan fingerprint density at radius 1 is 1.04 bits per heavy atom. The van der Waals surface area contributed by atoms with Gasteiger partial charge < -0.3 is 23.6 Å². The molecule has 0 saturated carbocycles. The maximum absolute atomic E-state index is 12.5. The van der Waals surface area contributed by atoms with Crippen molar-refractivity contribution >= 4 is 39.5 Å². The van der Waals surface area contributed by atoms with Crippen molar-refractivity contribution < 1.29 is 27.9 Å². The molecular weight excluding hydrogens is 362 g/mol. The van der Waals surface area contributed by atoms with Gasteiger partial charge in [-0.25, -0.2) is 4.79 Å². The molecule has 2 aromatic carbocycles. The molecule has 0 aliphatic heterocycles. The normalized spacial score (nSPS) is 12.1. The Hall–Kier alpha value is -3.74. The number of esters is 1. The minimum Gasteiger partial charge on any atom is -0.495 e. The van der Waals surface area contributed by atoms with Crippen LogP contribution in [0.5, 0.6) is 5.75 Å². The van der Waals surface area contributed by atoms with Crippen LogP contribution in [0.3, 0.4) is 0 Å². The average Bonchev–Trinajstić information content (AvgIpc) is 3.35. The zero-order chi connectivity index (χ0) is 19.7. The molecule has 0 spiro atoms. The summed E-state index contributed by atoms with van der Waals surface area (Å²) in [4.78, 5) is 24.4. The summed E-state index contributed by atoms with van der Waals surface area (Å²) in [6.07, 6.45) is 0.322. The summed E-state index contributed by atoms with van der Waals surface area (Å²) >= 11 is 0. The van der Waals surface area contributed by atoms with Gasteiger partial charge in [0.2, 0.25) is 5.76 Å². The van der Waals surface area contributed by atoms with Crippen molar-refractivity contribution in [2.75, 3.05) is 12.4 Å². The highest BCUT2D eigenvalue weighted by molar-refractivity contribution is 6.08. The number of hydrogen-bond acceptors (Lipinski definition) is 6. The molecule has 1 N–H and O–H groups in total. The summed E-state index contributed by atoms with van der Waals surface area (Å²) in [6.45, 7) is 1.47. The van der Waals surface area contributed by atoms with Gasteiger partial charge in [-0.2, -0.15) is 0 Å². The maximum Gasteiger partial charge on any atom is 0.374 e. The number of furan rings is 2. The Morgan fingerprint density at radius 2 is 1.86 bits per heavy atom. The third-order valence-corrected chi connectivity index (χ3v) is 4.33. The summed E-state index contributed by atoms with van der Waals surface area (Å²) in [7, 11) is 1.51. The highest BCUT2D eigenvalue weighted by Crippen LogP contribution is 2.36. The molecule has 0 aliphatic rings. The highest BCUT2D eigenvalue weighted by atomic mass is 16.6. The third kappa shape index (κ3) is 3.18. The second-order valence-corrected chi connectivity index (χ2v) is 6.16. The molecular formula is C21H17NO6. The summed E-state index contributed by atoms with van der Waals surface area (Å²) in [5.41, 5.74) is 1.77. The number of fused-ring (bicyclic) bond motifs is 3. The van der Waals surface area contributed by atoms with Gasteiger partial charge >= 0.3 is 5.97 Å². The number of para-hydroxylation sites is 1. The lowest BCUT2D eigenvalue weighted by molar-refractivity contribution is -0.123. The lowest BCUT2D eigenvalue weighted by Gasteiger charge is -2.14. The first-order valence-corrected chi connectivity index (χ1v) is 8.61. The predicted octanol–water partition coefficient (Wildman–Crippen LogP) is 4.37. The SMILES string of the molecule is COc1cc2c(cc1NC(=O)[C@@H](C)OC(=O)c1ccco1)oc1ccccc12. The van der Waals surface area contributed by atoms with Crippen molar-refractivity contribution in [3.8, 4) is 5.75 Å². The van der Waals surface area contributed by atoms with Crippen LogP contribution in [0.15, 0.2) is 63.6 Å². The van der Waals surface area contributed by atoms with Crippen LogP contribution in [0.1, 0.15) is 17.5 Å². The number of ether oxygens (including phenoxy) is 2. The second kappa shape index (κ2) is 7.11. The van der Waals surface area contributed by atoms with Crippen molar-refractivity contribution in [1.29, 1.82) is 0 Å². The zero-order valence-electron chi connectivity index (χ0n) is 15.2. The van der Waals surface area contributed by atoms with E-state index in [1.807, 2.05) is 24.3 Å². The van der Waals surface area contributed by atoms with E-state index in [-0.39, 0.29) is 5.76 Å². The molecule has 4 aromatic rings. The summed E-state index contributed by atoms with van der Waals surface area (Å²) in [5, 5.41) is 4.55. The highest BCUT2D eigenvalue weighted by Gasteiger charge is 2.22. The van der Waals surface area contributed by atoms with Gasteiger partial charge in [0.1, 0.15) is 16.9 Å². The van der Waals surface area contributed by atoms with Crippen molar-refractivity contribution in [3.63, 3.8) is 0 Å². The molecule has 2 aromatic heterocycles. The van der Waals surface area contributed by atoms with Crippen LogP contribution in [0.25, 0.3) is 21.9 Å². The van der Waals surface area contributed by atoms with E-state index in [0.717, 1.165) is 16.4 Å². The van der Waals surface area contributed by atoms with E-state index in [1.165, 1.54) is 26.4 Å². The quantitative estimate of drug-likeness (QED) is 0.518. The summed E-state index contributed by atoms with van der Waals surface area (Å²) in [5.74, 6) is -0.723. The number of hydrogen-bond donors (Lipinski definition) is 1. The van der Waals surface area contributed by atoms with Gasteiger partial charge in [0.05, 0.1) is 19.1 Å². The van der Waals surface area contributed by atoms with Crippen LogP contribution < -0.4 is 10.1 Å². The Morgan fingerprint density at radius 3 is 2.61 bits per heavy atom. The van der Waals surface area contributed by atoms with Crippen molar-refractivity contribution in [3.05, 3.63) is 60.6 Å². The predicted molar refractivity (Wildman–Crippen MR) is 102 cm³/mol. The summed E-state index contributed by atoms with van der Waals surface area (Å²) in [6, 6.07) is 14.2. The van der Waals surface area contributed by atoms with E-state index < -0.39 is 18.0 Å². The first kappa shape index (κ1) is 17.7. The van der Waals surface area contributed by atoms with Crippen LogP contribution in [0, 0.1) is 0 Å². The fraction of sp³-hybridized carbons (Fsp3) is 0.143. The molecule has 0 aliphatic carbocycles. The Bertz CT molecular complexity index is 1160. The van der Waals surface area contributed by atoms with Crippen molar-refractivity contribution in [2.24, 2.45) is 0 Å². The van der Waals surface area contributed by atoms with E-state index in [4.69, 9.17) is 18.3 Å². The topological polar surface area (TPSA) is 90.9 Å². The number of methoxy groups -OCH3 is 1. The zero-order valence-corrected chi connectivity index (χ0v) is 15.2. The molecule has 2 heterocycles. The summed E-state index contributed by atoms with van der Waals surface area (Å²) < 4.78 is 21.4. The van der Waals surface area contributed by atoms with Crippen LogP contribution in [-0.2, 0) is 9.53 Å². The average molecular weight is 379 g/mol. The number of carbonyl (C=O) groups excluding carboxylic acids is 2. The lowest BCUT2D eigenvalue weighted by atomic mass is 10.1. The molecule has 1 atom stereocenters. The minimum atomic E-state index is -1.03. The number of carbonyl (C=O) groups is 2. The van der Waals surface area contributed by atoms with Gasteiger partial charge in [0.25, 0.3) is 5.91 Å². The van der Waals surface area contributed by atoms with Gasteiger partial charge in [-0.05, 0) is 31.2 Å². The van der Waals surface area contributed by atoms with Crippen molar-refractivity contribution in [1.82, 2.24) is 0 Å². The molecule has 1 amide bonds. The van der Waals surface area contributed by atoms with Gasteiger partial charge in [-0.15, -0.1) is 0 Å². The van der Waals surface area contributed by atoms with Crippen LogP contribution in [0.2, 0.25) is 0 Å². The Balaban J connectivity index is 1.58. The minimum absolute atomic E-state index is 0.0286. The van der Waals surface area contributed by atoms with E-state index in [1.54, 1.807) is 18.2 Å². The number of benzene rings is 2. The van der Waals surface area contributed by atoms with Crippen LogP contribution >= 0.6 is 0 Å². The van der Waals surface area contributed by atoms with E-state index in [0.29, 0.717) is 17.0 Å². The first-order chi connectivity index (χ1) is 13.6. The third-order valence-electron chi connectivity index (χ3n) is 4.33. The second-order valence-electron chi connectivity index (χ2n) is 6.16. The molecule has 0 fully saturated rings. The number of anilines is 1. The van der Waals surface area contributed by atoms with Gasteiger partial charge in [0.15, 0.2) is 6.10 Å². The van der Waals surface area contributed by atoms with Crippen LogP contribution in [-0.4, -0.2) is 25.1 Å². The molecule has 7 nitrogen and oxygen atoms in total. The number of nitrogens with one attached hydrogen (secondary N) is 1. The monoisotopic (exact) mass is 379 g/mol. The molecule has 0 bridgehead atoms. The lowest BCUT2D eigenvalue weighted by Crippen LogP contribution is -2.30. The largest absolute Gasteiger partial charge is 0.495 e. The molecule has 28 heavy (non-hydrogen) atoms. The molecule has 0 radical (unpaired) electrons. The number of amides is 1. The molecule has 7 heteroatoms. The van der Waals surface area contributed by atoms with Gasteiger partial charge in [0, 0.05) is 16.8 Å².